The number of aryl methyl sites for hydroxylation is 1. The van der Waals surface area contributed by atoms with Crippen molar-refractivity contribution < 1.29 is 8.42 Å². The van der Waals surface area contributed by atoms with E-state index in [2.05, 4.69) is 11.4 Å². The van der Waals surface area contributed by atoms with Gasteiger partial charge in [-0.05, 0) is 50.6 Å². The molecule has 1 atom stereocenters. The zero-order valence-electron chi connectivity index (χ0n) is 11.8. The molecule has 0 amide bonds. The average molecular weight is 293 g/mol. The zero-order chi connectivity index (χ0) is 14.8. The summed E-state index contributed by atoms with van der Waals surface area (Å²) >= 11 is 0. The topological polar surface area (TPSA) is 73.2 Å². The lowest BCUT2D eigenvalue weighted by molar-refractivity contribution is 0.293. The predicted octanol–water partition coefficient (Wildman–Crippen LogP) is 1.24. The van der Waals surface area contributed by atoms with Gasteiger partial charge in [0.2, 0.25) is 10.0 Å². The van der Waals surface area contributed by atoms with Gasteiger partial charge in [-0.3, -0.25) is 0 Å². The lowest BCUT2D eigenvalue weighted by Crippen LogP contribution is -2.46. The van der Waals surface area contributed by atoms with E-state index < -0.39 is 10.0 Å². The standard InChI is InChI=1S/C14H19N3O2S/c1-11-8-14(6-5-12(11)9-15)20(18,19)17-7-3-4-13(10-17)16-2/h5-6,8,13,16H,3-4,7,10H2,1-2H3. The number of sulfonamides is 1. The van der Waals surface area contributed by atoms with Gasteiger partial charge < -0.3 is 5.32 Å². The van der Waals surface area contributed by atoms with Crippen molar-refractivity contribution in [3.63, 3.8) is 0 Å². The molecule has 1 fully saturated rings. The van der Waals surface area contributed by atoms with E-state index in [0.717, 1.165) is 12.8 Å². The second-order valence-electron chi connectivity index (χ2n) is 5.08. The lowest BCUT2D eigenvalue weighted by Gasteiger charge is -2.31. The number of hydrogen-bond acceptors (Lipinski definition) is 4. The van der Waals surface area contributed by atoms with Gasteiger partial charge in [-0.1, -0.05) is 0 Å². The molecule has 108 valence electrons. The number of nitriles is 1. The molecule has 20 heavy (non-hydrogen) atoms. The Labute approximate surface area is 120 Å². The molecule has 0 bridgehead atoms. The number of hydrogen-bond donors (Lipinski definition) is 1. The summed E-state index contributed by atoms with van der Waals surface area (Å²) < 4.78 is 26.8. The summed E-state index contributed by atoms with van der Waals surface area (Å²) in [6.45, 7) is 2.81. The smallest absolute Gasteiger partial charge is 0.243 e. The summed E-state index contributed by atoms with van der Waals surface area (Å²) in [5.41, 5.74) is 1.20. The molecule has 1 aliphatic rings. The molecule has 1 aromatic carbocycles. The van der Waals surface area contributed by atoms with E-state index in [-0.39, 0.29) is 10.9 Å². The average Bonchev–Trinajstić information content (AvgIpc) is 2.47. The van der Waals surface area contributed by atoms with Crippen LogP contribution in [0.15, 0.2) is 23.1 Å². The lowest BCUT2D eigenvalue weighted by atomic mass is 10.1. The van der Waals surface area contributed by atoms with Crippen molar-refractivity contribution in [2.24, 2.45) is 0 Å². The number of rotatable bonds is 3. The predicted molar refractivity (Wildman–Crippen MR) is 76.7 cm³/mol. The first kappa shape index (κ1) is 15.0. The van der Waals surface area contributed by atoms with E-state index >= 15 is 0 Å². The number of likely N-dealkylation sites (N-methyl/N-ethyl adjacent to an activating group) is 1. The SMILES string of the molecule is CNC1CCCN(S(=O)(=O)c2ccc(C#N)c(C)c2)C1. The molecule has 6 heteroatoms. The van der Waals surface area contributed by atoms with Crippen LogP contribution in [-0.4, -0.2) is 38.9 Å². The molecule has 1 aromatic rings. The molecule has 0 radical (unpaired) electrons. The normalized spacial score (nSPS) is 20.6. The number of nitrogens with zero attached hydrogens (tertiary/aromatic N) is 2. The van der Waals surface area contributed by atoms with Gasteiger partial charge >= 0.3 is 0 Å². The Morgan fingerprint density at radius 2 is 2.20 bits per heavy atom. The molecule has 0 aliphatic carbocycles. The highest BCUT2D eigenvalue weighted by Gasteiger charge is 2.29. The Hall–Kier alpha value is -1.42. The Balaban J connectivity index is 2.31. The number of benzene rings is 1. The first-order chi connectivity index (χ1) is 9.48. The Kier molecular flexibility index (Phi) is 4.43. The fourth-order valence-corrected chi connectivity index (χ4v) is 4.08. The maximum atomic E-state index is 12.6. The van der Waals surface area contributed by atoms with E-state index in [4.69, 9.17) is 5.26 Å². The van der Waals surface area contributed by atoms with Crippen LogP contribution in [-0.2, 0) is 10.0 Å². The van der Waals surface area contributed by atoms with Gasteiger partial charge in [0.05, 0.1) is 16.5 Å². The van der Waals surface area contributed by atoms with E-state index in [1.807, 2.05) is 7.05 Å². The quantitative estimate of drug-likeness (QED) is 0.910. The largest absolute Gasteiger partial charge is 0.316 e. The van der Waals surface area contributed by atoms with Crippen LogP contribution in [0.4, 0.5) is 0 Å². The van der Waals surface area contributed by atoms with Crippen molar-refractivity contribution >= 4 is 10.0 Å². The minimum Gasteiger partial charge on any atom is -0.316 e. The van der Waals surface area contributed by atoms with Crippen LogP contribution in [0.25, 0.3) is 0 Å². The minimum absolute atomic E-state index is 0.206. The summed E-state index contributed by atoms with van der Waals surface area (Å²) in [6, 6.07) is 6.93. The fourth-order valence-electron chi connectivity index (χ4n) is 2.47. The van der Waals surface area contributed by atoms with Crippen LogP contribution in [0.2, 0.25) is 0 Å². The van der Waals surface area contributed by atoms with Gasteiger partial charge in [-0.15, -0.1) is 0 Å². The first-order valence-corrected chi connectivity index (χ1v) is 8.11. The van der Waals surface area contributed by atoms with Crippen molar-refractivity contribution in [2.75, 3.05) is 20.1 Å². The van der Waals surface area contributed by atoms with Gasteiger partial charge in [-0.25, -0.2) is 8.42 Å². The molecule has 1 saturated heterocycles. The molecule has 2 rings (SSSR count). The Morgan fingerprint density at radius 1 is 1.45 bits per heavy atom. The van der Waals surface area contributed by atoms with Crippen LogP contribution in [0, 0.1) is 18.3 Å². The van der Waals surface area contributed by atoms with Crippen molar-refractivity contribution in [1.82, 2.24) is 9.62 Å². The molecule has 1 N–H and O–H groups in total. The molecule has 5 nitrogen and oxygen atoms in total. The molecule has 0 aromatic heterocycles. The fraction of sp³-hybridized carbons (Fsp3) is 0.500. The highest BCUT2D eigenvalue weighted by Crippen LogP contribution is 2.22. The van der Waals surface area contributed by atoms with Gasteiger partial charge in [0.25, 0.3) is 0 Å². The molecule has 1 heterocycles. The van der Waals surface area contributed by atoms with E-state index in [1.165, 1.54) is 10.4 Å². The van der Waals surface area contributed by atoms with E-state index in [9.17, 15) is 8.42 Å². The number of piperidine rings is 1. The Morgan fingerprint density at radius 3 is 2.80 bits per heavy atom. The zero-order valence-corrected chi connectivity index (χ0v) is 12.6. The summed E-state index contributed by atoms with van der Waals surface area (Å²) in [6.07, 6.45) is 1.86. The number of nitrogens with one attached hydrogen (secondary N) is 1. The van der Waals surface area contributed by atoms with Gasteiger partial charge in [0, 0.05) is 19.1 Å². The molecule has 1 aliphatic heterocycles. The molecule has 1 unspecified atom stereocenters. The van der Waals surface area contributed by atoms with Gasteiger partial charge in [-0.2, -0.15) is 9.57 Å². The second-order valence-corrected chi connectivity index (χ2v) is 7.02. The molecular formula is C14H19N3O2S. The molecule has 0 saturated carbocycles. The van der Waals surface area contributed by atoms with Crippen LogP contribution in [0.1, 0.15) is 24.0 Å². The third kappa shape index (κ3) is 2.85. The molecule has 0 spiro atoms. The van der Waals surface area contributed by atoms with Gasteiger partial charge in [0.1, 0.15) is 0 Å². The second kappa shape index (κ2) is 5.92. The monoisotopic (exact) mass is 293 g/mol. The minimum atomic E-state index is -3.47. The molecular weight excluding hydrogens is 274 g/mol. The van der Waals surface area contributed by atoms with Crippen LogP contribution < -0.4 is 5.32 Å². The Bertz CT molecular complexity index is 634. The summed E-state index contributed by atoms with van der Waals surface area (Å²) in [4.78, 5) is 0.269. The summed E-state index contributed by atoms with van der Waals surface area (Å²) in [5.74, 6) is 0. The van der Waals surface area contributed by atoms with E-state index in [1.54, 1.807) is 19.1 Å². The third-order valence-corrected chi connectivity index (χ3v) is 5.61. The highest BCUT2D eigenvalue weighted by molar-refractivity contribution is 7.89. The first-order valence-electron chi connectivity index (χ1n) is 6.67. The van der Waals surface area contributed by atoms with Gasteiger partial charge in [0.15, 0.2) is 0 Å². The maximum Gasteiger partial charge on any atom is 0.243 e. The van der Waals surface area contributed by atoms with Crippen LogP contribution >= 0.6 is 0 Å². The third-order valence-electron chi connectivity index (χ3n) is 3.75. The van der Waals surface area contributed by atoms with E-state index in [0.29, 0.717) is 24.2 Å². The van der Waals surface area contributed by atoms with Crippen LogP contribution in [0.5, 0.6) is 0 Å². The van der Waals surface area contributed by atoms with Crippen molar-refractivity contribution in [3.05, 3.63) is 29.3 Å². The van der Waals surface area contributed by atoms with Crippen LogP contribution in [0.3, 0.4) is 0 Å². The maximum absolute atomic E-state index is 12.6. The summed E-state index contributed by atoms with van der Waals surface area (Å²) in [5, 5.41) is 12.0. The van der Waals surface area contributed by atoms with Crippen molar-refractivity contribution in [3.8, 4) is 6.07 Å². The van der Waals surface area contributed by atoms with Crippen molar-refractivity contribution in [2.45, 2.75) is 30.7 Å². The summed E-state index contributed by atoms with van der Waals surface area (Å²) in [7, 11) is -1.61. The highest BCUT2D eigenvalue weighted by atomic mass is 32.2. The van der Waals surface area contributed by atoms with Crippen molar-refractivity contribution in [1.29, 1.82) is 5.26 Å².